The molecule has 0 radical (unpaired) electrons. The minimum absolute atomic E-state index is 0.110. The van der Waals surface area contributed by atoms with Crippen LogP contribution in [0.1, 0.15) is 44.6 Å². The zero-order valence-electron chi connectivity index (χ0n) is 14.6. The predicted octanol–water partition coefficient (Wildman–Crippen LogP) is 1.96. The third-order valence-corrected chi connectivity index (χ3v) is 3.90. The second kappa shape index (κ2) is 7.60. The molecule has 0 spiro atoms. The number of amides is 1. The summed E-state index contributed by atoms with van der Waals surface area (Å²) in [6, 6.07) is 3.53. The third kappa shape index (κ3) is 4.14. The number of ether oxygens (including phenoxy) is 2. The number of pyridine rings is 1. The highest BCUT2D eigenvalue weighted by Crippen LogP contribution is 2.24. The summed E-state index contributed by atoms with van der Waals surface area (Å²) < 4.78 is 17.0. The van der Waals surface area contributed by atoms with E-state index < -0.39 is 12.2 Å². The molecule has 0 unspecified atom stereocenters. The van der Waals surface area contributed by atoms with E-state index in [1.807, 2.05) is 13.8 Å². The van der Waals surface area contributed by atoms with E-state index in [1.54, 1.807) is 36.4 Å². The first-order valence-electron chi connectivity index (χ1n) is 8.35. The number of carbonyl (C=O) groups excluding carboxylic acids is 1. The summed E-state index contributed by atoms with van der Waals surface area (Å²) in [7, 11) is 0. The number of morpholine rings is 1. The van der Waals surface area contributed by atoms with Crippen LogP contribution >= 0.6 is 0 Å². The molecule has 3 rings (SSSR count). The zero-order valence-corrected chi connectivity index (χ0v) is 14.6. The quantitative estimate of drug-likeness (QED) is 0.817. The number of hydrogen-bond acceptors (Lipinski definition) is 7. The largest absolute Gasteiger partial charge is 0.479 e. The first-order valence-corrected chi connectivity index (χ1v) is 8.35. The molecule has 2 aromatic rings. The molecule has 3 heterocycles. The van der Waals surface area contributed by atoms with Crippen molar-refractivity contribution in [3.05, 3.63) is 36.3 Å². The van der Waals surface area contributed by atoms with Crippen LogP contribution in [0.3, 0.4) is 0 Å². The Hall–Kier alpha value is -2.48. The van der Waals surface area contributed by atoms with E-state index >= 15 is 0 Å². The van der Waals surface area contributed by atoms with Crippen molar-refractivity contribution in [3.63, 3.8) is 0 Å². The van der Waals surface area contributed by atoms with Crippen LogP contribution in [0.2, 0.25) is 0 Å². The molecule has 8 heteroatoms. The van der Waals surface area contributed by atoms with Crippen molar-refractivity contribution >= 4 is 5.91 Å². The summed E-state index contributed by atoms with van der Waals surface area (Å²) in [5.41, 5.74) is 0. The number of nitrogens with zero attached hydrogens (tertiary/aromatic N) is 4. The summed E-state index contributed by atoms with van der Waals surface area (Å²) in [6.45, 7) is 6.96. The maximum absolute atomic E-state index is 12.7. The molecule has 0 saturated carbocycles. The van der Waals surface area contributed by atoms with Crippen molar-refractivity contribution < 1.29 is 18.7 Å². The van der Waals surface area contributed by atoms with Gasteiger partial charge in [0.15, 0.2) is 12.2 Å². The van der Waals surface area contributed by atoms with Gasteiger partial charge in [-0.3, -0.25) is 9.78 Å². The molecule has 0 aliphatic carbocycles. The fourth-order valence-corrected chi connectivity index (χ4v) is 2.54. The Morgan fingerprint density at radius 1 is 1.36 bits per heavy atom. The molecule has 1 fully saturated rings. The Bertz CT molecular complexity index is 704. The predicted molar refractivity (Wildman–Crippen MR) is 88.0 cm³/mol. The van der Waals surface area contributed by atoms with Crippen LogP contribution in [0, 0.1) is 0 Å². The minimum atomic E-state index is -0.614. The van der Waals surface area contributed by atoms with E-state index in [1.165, 1.54) is 0 Å². The molecular weight excluding hydrogens is 324 g/mol. The van der Waals surface area contributed by atoms with Gasteiger partial charge in [-0.15, -0.1) is 10.2 Å². The van der Waals surface area contributed by atoms with Gasteiger partial charge in [0, 0.05) is 18.7 Å². The fraction of sp³-hybridized carbons (Fsp3) is 0.529. The maximum atomic E-state index is 12.7. The molecule has 1 saturated heterocycles. The molecule has 1 aliphatic rings. The van der Waals surface area contributed by atoms with Crippen molar-refractivity contribution in [1.29, 1.82) is 0 Å². The van der Waals surface area contributed by atoms with Crippen LogP contribution in [0.4, 0.5) is 0 Å². The first kappa shape index (κ1) is 17.3. The van der Waals surface area contributed by atoms with Crippen LogP contribution in [-0.4, -0.2) is 51.8 Å². The van der Waals surface area contributed by atoms with Crippen LogP contribution < -0.4 is 4.74 Å². The molecule has 1 aliphatic heterocycles. The Labute approximate surface area is 146 Å². The first-order chi connectivity index (χ1) is 12.0. The van der Waals surface area contributed by atoms with Crippen molar-refractivity contribution in [2.24, 2.45) is 0 Å². The molecular formula is C17H22N4O4. The lowest BCUT2D eigenvalue weighted by atomic mass is 10.2. The van der Waals surface area contributed by atoms with Crippen molar-refractivity contribution in [1.82, 2.24) is 20.1 Å². The maximum Gasteiger partial charge on any atom is 0.263 e. The Balaban J connectivity index is 1.62. The van der Waals surface area contributed by atoms with Crippen molar-refractivity contribution in [2.45, 2.75) is 38.9 Å². The molecule has 1 amide bonds. The van der Waals surface area contributed by atoms with Crippen LogP contribution in [0.5, 0.6) is 5.75 Å². The van der Waals surface area contributed by atoms with Gasteiger partial charge in [-0.05, 0) is 19.1 Å². The normalized spacial score (nSPS) is 19.0. The monoisotopic (exact) mass is 346 g/mol. The molecule has 2 atom stereocenters. The van der Waals surface area contributed by atoms with Gasteiger partial charge < -0.3 is 18.8 Å². The summed E-state index contributed by atoms with van der Waals surface area (Å²) in [5.74, 6) is 1.57. The second-order valence-electron chi connectivity index (χ2n) is 6.23. The van der Waals surface area contributed by atoms with E-state index in [0.29, 0.717) is 37.2 Å². The molecule has 0 aromatic carbocycles. The highest BCUT2D eigenvalue weighted by atomic mass is 16.5. The lowest BCUT2D eigenvalue weighted by Crippen LogP contribution is -2.47. The molecule has 8 nitrogen and oxygen atoms in total. The topological polar surface area (TPSA) is 90.6 Å². The van der Waals surface area contributed by atoms with Gasteiger partial charge in [0.25, 0.3) is 5.91 Å². The summed E-state index contributed by atoms with van der Waals surface area (Å²) in [6.07, 6.45) is 2.21. The van der Waals surface area contributed by atoms with Crippen LogP contribution in [0.25, 0.3) is 0 Å². The average Bonchev–Trinajstić information content (AvgIpc) is 3.12. The van der Waals surface area contributed by atoms with Gasteiger partial charge in [-0.1, -0.05) is 13.8 Å². The fourth-order valence-electron chi connectivity index (χ4n) is 2.54. The lowest BCUT2D eigenvalue weighted by molar-refractivity contribution is -0.146. The Morgan fingerprint density at radius 2 is 2.20 bits per heavy atom. The minimum Gasteiger partial charge on any atom is -0.479 e. The van der Waals surface area contributed by atoms with Crippen molar-refractivity contribution in [2.75, 3.05) is 19.7 Å². The van der Waals surface area contributed by atoms with E-state index in [9.17, 15) is 4.79 Å². The highest BCUT2D eigenvalue weighted by Gasteiger charge is 2.32. The van der Waals surface area contributed by atoms with E-state index in [-0.39, 0.29) is 11.8 Å². The Kier molecular flexibility index (Phi) is 5.28. The van der Waals surface area contributed by atoms with Gasteiger partial charge in [-0.25, -0.2) is 0 Å². The SMILES string of the molecule is CC(C)c1nnc([C@H]2CN(C(=O)[C@@H](C)Oc3cccnc3)CCO2)o1. The van der Waals surface area contributed by atoms with Gasteiger partial charge in [0.05, 0.1) is 19.3 Å². The van der Waals surface area contributed by atoms with Gasteiger partial charge in [-0.2, -0.15) is 0 Å². The molecule has 2 aromatic heterocycles. The van der Waals surface area contributed by atoms with Gasteiger partial charge in [0.1, 0.15) is 5.75 Å². The van der Waals surface area contributed by atoms with E-state index in [4.69, 9.17) is 13.9 Å². The van der Waals surface area contributed by atoms with Crippen LogP contribution in [0.15, 0.2) is 28.9 Å². The summed E-state index contributed by atoms with van der Waals surface area (Å²) >= 11 is 0. The lowest BCUT2D eigenvalue weighted by Gasteiger charge is -2.32. The van der Waals surface area contributed by atoms with Gasteiger partial charge >= 0.3 is 0 Å². The molecule has 134 valence electrons. The standard InChI is InChI=1S/C17H22N4O4/c1-11(2)15-19-20-16(25-15)14-10-21(7-8-23-14)17(22)12(3)24-13-5-4-6-18-9-13/h4-6,9,11-12,14H,7-8,10H2,1-3H3/t12-,14-/m1/s1. The highest BCUT2D eigenvalue weighted by molar-refractivity contribution is 5.81. The molecule has 0 N–H and O–H groups in total. The van der Waals surface area contributed by atoms with Gasteiger partial charge in [0.2, 0.25) is 11.8 Å². The summed E-state index contributed by atoms with van der Waals surface area (Å²) in [5, 5.41) is 8.07. The average molecular weight is 346 g/mol. The number of carbonyl (C=O) groups is 1. The number of rotatable bonds is 5. The van der Waals surface area contributed by atoms with E-state index in [0.717, 1.165) is 0 Å². The second-order valence-corrected chi connectivity index (χ2v) is 6.23. The summed E-state index contributed by atoms with van der Waals surface area (Å²) in [4.78, 5) is 18.3. The Morgan fingerprint density at radius 3 is 2.88 bits per heavy atom. The molecule has 0 bridgehead atoms. The number of hydrogen-bond donors (Lipinski definition) is 0. The van der Waals surface area contributed by atoms with Crippen LogP contribution in [-0.2, 0) is 9.53 Å². The van der Waals surface area contributed by atoms with Crippen molar-refractivity contribution in [3.8, 4) is 5.75 Å². The number of aromatic nitrogens is 3. The van der Waals surface area contributed by atoms with E-state index in [2.05, 4.69) is 15.2 Å². The molecule has 25 heavy (non-hydrogen) atoms. The third-order valence-electron chi connectivity index (χ3n) is 3.90. The smallest absolute Gasteiger partial charge is 0.263 e. The zero-order chi connectivity index (χ0) is 17.8.